The third-order valence-corrected chi connectivity index (χ3v) is 1.01. The molecule has 0 aromatic carbocycles. The Morgan fingerprint density at radius 1 is 1.22 bits per heavy atom. The molecular formula is C5H12ClF2N. The molecule has 0 amide bonds. The maximum Gasteiger partial charge on any atom is 0.0948 e. The molecule has 0 aliphatic rings. The SMILES string of the molecule is Cl.NCCC(CF)CF. The maximum absolute atomic E-state index is 11.5. The van der Waals surface area contributed by atoms with Crippen LogP contribution in [0.3, 0.4) is 0 Å². The quantitative estimate of drug-likeness (QED) is 0.658. The molecule has 4 heteroatoms. The van der Waals surface area contributed by atoms with E-state index in [0.717, 1.165) is 0 Å². The Hall–Kier alpha value is 0.110. The minimum absolute atomic E-state index is 0. The number of hydrogen-bond acceptors (Lipinski definition) is 1. The molecule has 0 aromatic rings. The third kappa shape index (κ3) is 5.99. The molecule has 0 aliphatic carbocycles. The zero-order chi connectivity index (χ0) is 6.41. The standard InChI is InChI=1S/C5H11F2N.ClH/c6-3-5(4-7)1-2-8;/h5H,1-4,8H2;1H. The van der Waals surface area contributed by atoms with Gasteiger partial charge in [-0.1, -0.05) is 0 Å². The molecule has 0 rings (SSSR count). The first-order valence-corrected chi connectivity index (χ1v) is 2.67. The van der Waals surface area contributed by atoms with E-state index in [9.17, 15) is 8.78 Å². The van der Waals surface area contributed by atoms with Crippen molar-refractivity contribution in [2.45, 2.75) is 6.42 Å². The summed E-state index contributed by atoms with van der Waals surface area (Å²) in [6.07, 6.45) is 0.451. The highest BCUT2D eigenvalue weighted by Gasteiger charge is 2.04. The van der Waals surface area contributed by atoms with Crippen LogP contribution in [0.2, 0.25) is 0 Å². The Bertz CT molecular complexity index is 50.2. The lowest BCUT2D eigenvalue weighted by Crippen LogP contribution is -2.11. The smallest absolute Gasteiger partial charge is 0.0948 e. The lowest BCUT2D eigenvalue weighted by atomic mass is 10.1. The van der Waals surface area contributed by atoms with Gasteiger partial charge in [-0.3, -0.25) is 8.78 Å². The summed E-state index contributed by atoms with van der Waals surface area (Å²) >= 11 is 0. The molecule has 1 nitrogen and oxygen atoms in total. The number of alkyl halides is 2. The van der Waals surface area contributed by atoms with E-state index in [1.807, 2.05) is 0 Å². The molecule has 0 heterocycles. The van der Waals surface area contributed by atoms with E-state index < -0.39 is 19.3 Å². The van der Waals surface area contributed by atoms with Crippen molar-refractivity contribution in [2.24, 2.45) is 11.7 Å². The molecule has 0 spiro atoms. The van der Waals surface area contributed by atoms with E-state index in [2.05, 4.69) is 0 Å². The molecule has 0 fully saturated rings. The highest BCUT2D eigenvalue weighted by Crippen LogP contribution is 2.01. The Labute approximate surface area is 60.0 Å². The molecule has 0 aromatic heterocycles. The van der Waals surface area contributed by atoms with Crippen molar-refractivity contribution < 1.29 is 8.78 Å². The number of halogens is 3. The average Bonchev–Trinajstić information content (AvgIpc) is 1.83. The summed E-state index contributed by atoms with van der Waals surface area (Å²) in [6, 6.07) is 0. The van der Waals surface area contributed by atoms with E-state index in [1.54, 1.807) is 0 Å². The summed E-state index contributed by atoms with van der Waals surface area (Å²) in [5, 5.41) is 0. The average molecular weight is 160 g/mol. The van der Waals surface area contributed by atoms with Crippen molar-refractivity contribution in [2.75, 3.05) is 19.9 Å². The van der Waals surface area contributed by atoms with E-state index in [0.29, 0.717) is 13.0 Å². The number of rotatable bonds is 4. The van der Waals surface area contributed by atoms with Crippen LogP contribution in [0.4, 0.5) is 8.78 Å². The summed E-state index contributed by atoms with van der Waals surface area (Å²) in [7, 11) is 0. The Balaban J connectivity index is 0. The summed E-state index contributed by atoms with van der Waals surface area (Å²) in [5.74, 6) is -0.458. The second-order valence-electron chi connectivity index (χ2n) is 1.75. The van der Waals surface area contributed by atoms with E-state index >= 15 is 0 Å². The molecule has 2 N–H and O–H groups in total. The largest absolute Gasteiger partial charge is 0.330 e. The normalized spacial score (nSPS) is 9.33. The van der Waals surface area contributed by atoms with E-state index in [-0.39, 0.29) is 12.4 Å². The molecule has 0 atom stereocenters. The summed E-state index contributed by atoms with van der Waals surface area (Å²) in [6.45, 7) is -0.806. The Morgan fingerprint density at radius 2 is 1.67 bits per heavy atom. The fourth-order valence-corrected chi connectivity index (χ4v) is 0.431. The van der Waals surface area contributed by atoms with Crippen LogP contribution in [-0.2, 0) is 0 Å². The van der Waals surface area contributed by atoms with Crippen molar-refractivity contribution >= 4 is 12.4 Å². The third-order valence-electron chi connectivity index (χ3n) is 1.01. The fourth-order valence-electron chi connectivity index (χ4n) is 0.431. The summed E-state index contributed by atoms with van der Waals surface area (Å²) in [5.41, 5.74) is 5.05. The van der Waals surface area contributed by atoms with Gasteiger partial charge in [-0.2, -0.15) is 0 Å². The van der Waals surface area contributed by atoms with Gasteiger partial charge in [0.05, 0.1) is 13.3 Å². The topological polar surface area (TPSA) is 26.0 Å². The van der Waals surface area contributed by atoms with Crippen molar-refractivity contribution in [1.82, 2.24) is 0 Å². The van der Waals surface area contributed by atoms with Crippen LogP contribution in [0.5, 0.6) is 0 Å². The first-order chi connectivity index (χ1) is 3.85. The molecule has 9 heavy (non-hydrogen) atoms. The fraction of sp³-hybridized carbons (Fsp3) is 1.00. The van der Waals surface area contributed by atoms with Crippen molar-refractivity contribution in [1.29, 1.82) is 0 Å². The molecule has 0 radical (unpaired) electrons. The van der Waals surface area contributed by atoms with Crippen LogP contribution < -0.4 is 5.73 Å². The van der Waals surface area contributed by atoms with Gasteiger partial charge in [-0.15, -0.1) is 12.4 Å². The highest BCUT2D eigenvalue weighted by atomic mass is 35.5. The summed E-state index contributed by atoms with van der Waals surface area (Å²) in [4.78, 5) is 0. The lowest BCUT2D eigenvalue weighted by molar-refractivity contribution is 0.279. The van der Waals surface area contributed by atoms with Gasteiger partial charge in [0.25, 0.3) is 0 Å². The molecule has 58 valence electrons. The molecule has 0 unspecified atom stereocenters. The Morgan fingerprint density at radius 3 is 1.78 bits per heavy atom. The van der Waals surface area contributed by atoms with Gasteiger partial charge in [0.2, 0.25) is 0 Å². The minimum Gasteiger partial charge on any atom is -0.330 e. The van der Waals surface area contributed by atoms with Gasteiger partial charge >= 0.3 is 0 Å². The van der Waals surface area contributed by atoms with Gasteiger partial charge in [-0.05, 0) is 13.0 Å². The number of nitrogens with two attached hydrogens (primary N) is 1. The van der Waals surface area contributed by atoms with Crippen molar-refractivity contribution in [3.63, 3.8) is 0 Å². The van der Waals surface area contributed by atoms with Gasteiger partial charge in [0.1, 0.15) is 0 Å². The first kappa shape index (κ1) is 11.9. The highest BCUT2D eigenvalue weighted by molar-refractivity contribution is 5.85. The second-order valence-corrected chi connectivity index (χ2v) is 1.75. The summed E-state index contributed by atoms with van der Waals surface area (Å²) < 4.78 is 23.1. The molecule has 0 aliphatic heterocycles. The van der Waals surface area contributed by atoms with Crippen LogP contribution in [0.25, 0.3) is 0 Å². The van der Waals surface area contributed by atoms with Crippen LogP contribution in [0.15, 0.2) is 0 Å². The maximum atomic E-state index is 11.5. The van der Waals surface area contributed by atoms with Crippen molar-refractivity contribution in [3.05, 3.63) is 0 Å². The van der Waals surface area contributed by atoms with Gasteiger partial charge in [0.15, 0.2) is 0 Å². The van der Waals surface area contributed by atoms with Crippen LogP contribution in [-0.4, -0.2) is 19.9 Å². The van der Waals surface area contributed by atoms with Gasteiger partial charge < -0.3 is 5.73 Å². The van der Waals surface area contributed by atoms with Gasteiger partial charge in [-0.25, -0.2) is 0 Å². The lowest BCUT2D eigenvalue weighted by Gasteiger charge is -2.03. The van der Waals surface area contributed by atoms with Crippen molar-refractivity contribution in [3.8, 4) is 0 Å². The van der Waals surface area contributed by atoms with Gasteiger partial charge in [0, 0.05) is 5.92 Å². The molecule has 0 saturated carbocycles. The Kier molecular flexibility index (Phi) is 10.7. The number of hydrogen-bond donors (Lipinski definition) is 1. The molecular weight excluding hydrogens is 148 g/mol. The molecule has 0 saturated heterocycles. The predicted octanol–water partition coefficient (Wildman–Crippen LogP) is 1.31. The zero-order valence-electron chi connectivity index (χ0n) is 5.15. The van der Waals surface area contributed by atoms with E-state index in [4.69, 9.17) is 5.73 Å². The minimum atomic E-state index is -0.590. The van der Waals surface area contributed by atoms with Crippen LogP contribution in [0.1, 0.15) is 6.42 Å². The zero-order valence-corrected chi connectivity index (χ0v) is 5.96. The second kappa shape index (κ2) is 8.11. The predicted molar refractivity (Wildman–Crippen MR) is 36.4 cm³/mol. The van der Waals surface area contributed by atoms with Crippen LogP contribution >= 0.6 is 12.4 Å². The molecule has 0 bridgehead atoms. The monoisotopic (exact) mass is 159 g/mol. The first-order valence-electron chi connectivity index (χ1n) is 2.67. The van der Waals surface area contributed by atoms with Crippen LogP contribution in [0, 0.1) is 5.92 Å². The van der Waals surface area contributed by atoms with E-state index in [1.165, 1.54) is 0 Å².